The fourth-order valence-electron chi connectivity index (χ4n) is 1.03. The van der Waals surface area contributed by atoms with Crippen LogP contribution in [-0.4, -0.2) is 20.5 Å². The van der Waals surface area contributed by atoms with Gasteiger partial charge in [0.25, 0.3) is 5.91 Å². The van der Waals surface area contributed by atoms with Gasteiger partial charge in [-0.1, -0.05) is 11.6 Å². The van der Waals surface area contributed by atoms with Crippen molar-refractivity contribution >= 4 is 23.2 Å². The molecular weight excluding hydrogens is 192 g/mol. The monoisotopic (exact) mass is 196 g/mol. The van der Waals surface area contributed by atoms with E-state index in [9.17, 15) is 4.79 Å². The molecule has 0 aliphatic carbocycles. The molecule has 0 radical (unpaired) electrons. The third kappa shape index (κ3) is 1.23. The summed E-state index contributed by atoms with van der Waals surface area (Å²) in [6.45, 7) is 0. The van der Waals surface area contributed by atoms with Crippen molar-refractivity contribution in [3.63, 3.8) is 0 Å². The minimum absolute atomic E-state index is 0.289. The summed E-state index contributed by atoms with van der Waals surface area (Å²) < 4.78 is 1.41. The van der Waals surface area contributed by atoms with Gasteiger partial charge in [-0.2, -0.15) is 5.10 Å². The Morgan fingerprint density at radius 2 is 2.31 bits per heavy atom. The molecule has 0 spiro atoms. The second kappa shape index (κ2) is 2.70. The Labute approximate surface area is 78.1 Å². The van der Waals surface area contributed by atoms with Crippen LogP contribution in [0.15, 0.2) is 18.6 Å². The Kier molecular flexibility index (Phi) is 1.66. The Balaban J connectivity index is 2.76. The van der Waals surface area contributed by atoms with Crippen molar-refractivity contribution in [3.8, 4) is 0 Å². The first-order valence-electron chi connectivity index (χ1n) is 3.47. The van der Waals surface area contributed by atoms with Gasteiger partial charge in [-0.15, -0.1) is 0 Å². The van der Waals surface area contributed by atoms with Gasteiger partial charge in [0.2, 0.25) is 0 Å². The smallest absolute Gasteiger partial charge is 0.254 e. The Hall–Kier alpha value is -1.62. The van der Waals surface area contributed by atoms with Gasteiger partial charge in [-0.3, -0.25) is 4.79 Å². The van der Waals surface area contributed by atoms with Crippen LogP contribution < -0.4 is 5.73 Å². The fraction of sp³-hybridized carbons (Fsp3) is 0. The largest absolute Gasteiger partial charge is 0.365 e. The number of amides is 1. The van der Waals surface area contributed by atoms with Crippen LogP contribution in [0.3, 0.4) is 0 Å². The molecule has 0 aliphatic heterocycles. The Morgan fingerprint density at radius 1 is 1.54 bits per heavy atom. The van der Waals surface area contributed by atoms with Gasteiger partial charge in [-0.05, 0) is 0 Å². The zero-order chi connectivity index (χ0) is 9.42. The van der Waals surface area contributed by atoms with Gasteiger partial charge in [0.1, 0.15) is 5.56 Å². The van der Waals surface area contributed by atoms with Gasteiger partial charge in [0, 0.05) is 6.20 Å². The summed E-state index contributed by atoms with van der Waals surface area (Å²) in [6.07, 6.45) is 4.35. The number of carbonyl (C=O) groups excluding carboxylic acids is 1. The third-order valence-corrected chi connectivity index (χ3v) is 1.79. The van der Waals surface area contributed by atoms with Gasteiger partial charge in [0.05, 0.1) is 17.4 Å². The van der Waals surface area contributed by atoms with E-state index in [0.29, 0.717) is 10.7 Å². The van der Waals surface area contributed by atoms with Crippen molar-refractivity contribution < 1.29 is 4.79 Å². The Bertz CT molecular complexity index is 478. The van der Waals surface area contributed by atoms with Crippen molar-refractivity contribution in [3.05, 3.63) is 29.2 Å². The fourth-order valence-corrected chi connectivity index (χ4v) is 1.17. The summed E-state index contributed by atoms with van der Waals surface area (Å²) >= 11 is 5.67. The number of nitrogens with zero attached hydrogens (tertiary/aromatic N) is 3. The maximum atomic E-state index is 10.9. The van der Waals surface area contributed by atoms with Crippen LogP contribution in [0.25, 0.3) is 5.65 Å². The number of nitrogens with two attached hydrogens (primary N) is 1. The molecule has 0 atom stereocenters. The lowest BCUT2D eigenvalue weighted by Crippen LogP contribution is -2.10. The molecular formula is C7H5ClN4O. The average molecular weight is 197 g/mol. The molecule has 5 nitrogen and oxygen atoms in total. The molecule has 0 saturated carbocycles. The number of halogens is 1. The molecule has 2 rings (SSSR count). The van der Waals surface area contributed by atoms with E-state index >= 15 is 0 Å². The molecule has 0 aliphatic rings. The van der Waals surface area contributed by atoms with E-state index < -0.39 is 5.91 Å². The molecule has 1 amide bonds. The third-order valence-electron chi connectivity index (χ3n) is 1.59. The van der Waals surface area contributed by atoms with Crippen LogP contribution in [0, 0.1) is 0 Å². The molecule has 0 saturated heterocycles. The van der Waals surface area contributed by atoms with Gasteiger partial charge in [0.15, 0.2) is 5.65 Å². The summed E-state index contributed by atoms with van der Waals surface area (Å²) in [6, 6.07) is 0. The van der Waals surface area contributed by atoms with Crippen LogP contribution >= 0.6 is 11.6 Å². The molecule has 0 aromatic carbocycles. The summed E-state index contributed by atoms with van der Waals surface area (Å²) in [5.74, 6) is -0.551. The van der Waals surface area contributed by atoms with Crippen LogP contribution in [0.2, 0.25) is 5.02 Å². The number of carbonyl (C=O) groups is 1. The van der Waals surface area contributed by atoms with Gasteiger partial charge in [-0.25, -0.2) is 9.50 Å². The molecule has 13 heavy (non-hydrogen) atoms. The predicted octanol–water partition coefficient (Wildman–Crippen LogP) is 0.482. The SMILES string of the molecule is NC(=O)c1cnn2cc(Cl)cnc12. The van der Waals surface area contributed by atoms with Gasteiger partial charge >= 0.3 is 0 Å². The normalized spacial score (nSPS) is 10.5. The van der Waals surface area contributed by atoms with E-state index in [1.54, 1.807) is 6.20 Å². The highest BCUT2D eigenvalue weighted by molar-refractivity contribution is 6.30. The summed E-state index contributed by atoms with van der Waals surface area (Å²) in [5.41, 5.74) is 5.80. The highest BCUT2D eigenvalue weighted by Crippen LogP contribution is 2.10. The zero-order valence-corrected chi connectivity index (χ0v) is 7.19. The minimum Gasteiger partial charge on any atom is -0.365 e. The number of aromatic nitrogens is 3. The topological polar surface area (TPSA) is 73.3 Å². The van der Waals surface area contributed by atoms with Crippen molar-refractivity contribution in [2.24, 2.45) is 5.73 Å². The number of hydrogen-bond donors (Lipinski definition) is 1. The maximum absolute atomic E-state index is 10.9. The van der Waals surface area contributed by atoms with E-state index in [-0.39, 0.29) is 5.56 Å². The first kappa shape index (κ1) is 8.00. The number of rotatable bonds is 1. The van der Waals surface area contributed by atoms with Gasteiger partial charge < -0.3 is 5.73 Å². The first-order chi connectivity index (χ1) is 6.18. The first-order valence-corrected chi connectivity index (χ1v) is 3.85. The molecule has 0 unspecified atom stereocenters. The van der Waals surface area contributed by atoms with Crippen molar-refractivity contribution in [2.75, 3.05) is 0 Å². The highest BCUT2D eigenvalue weighted by atomic mass is 35.5. The number of hydrogen-bond acceptors (Lipinski definition) is 3. The predicted molar refractivity (Wildman–Crippen MR) is 46.5 cm³/mol. The van der Waals surface area contributed by atoms with Crippen molar-refractivity contribution in [2.45, 2.75) is 0 Å². The molecule has 2 heterocycles. The summed E-state index contributed by atoms with van der Waals surface area (Å²) in [5, 5.41) is 4.32. The summed E-state index contributed by atoms with van der Waals surface area (Å²) in [7, 11) is 0. The zero-order valence-electron chi connectivity index (χ0n) is 6.44. The van der Waals surface area contributed by atoms with E-state index in [4.69, 9.17) is 17.3 Å². The molecule has 2 aromatic heterocycles. The molecule has 0 fully saturated rings. The molecule has 0 bridgehead atoms. The van der Waals surface area contributed by atoms with Crippen molar-refractivity contribution in [1.82, 2.24) is 14.6 Å². The maximum Gasteiger partial charge on any atom is 0.254 e. The van der Waals surface area contributed by atoms with Crippen LogP contribution in [-0.2, 0) is 0 Å². The lowest BCUT2D eigenvalue weighted by Gasteiger charge is -1.93. The average Bonchev–Trinajstić information content (AvgIpc) is 2.46. The molecule has 6 heteroatoms. The number of fused-ring (bicyclic) bond motifs is 1. The van der Waals surface area contributed by atoms with E-state index in [1.165, 1.54) is 16.9 Å². The minimum atomic E-state index is -0.551. The number of primary amides is 1. The van der Waals surface area contributed by atoms with E-state index in [0.717, 1.165) is 0 Å². The van der Waals surface area contributed by atoms with E-state index in [1.807, 2.05) is 0 Å². The molecule has 2 N–H and O–H groups in total. The second-order valence-corrected chi connectivity index (χ2v) is 2.90. The van der Waals surface area contributed by atoms with Crippen LogP contribution in [0.4, 0.5) is 0 Å². The van der Waals surface area contributed by atoms with E-state index in [2.05, 4.69) is 10.1 Å². The molecule has 66 valence electrons. The van der Waals surface area contributed by atoms with Crippen LogP contribution in [0.5, 0.6) is 0 Å². The standard InChI is InChI=1S/C7H5ClN4O/c8-4-1-10-7-5(6(9)13)2-11-12(7)3-4/h1-3H,(H2,9,13). The summed E-state index contributed by atoms with van der Waals surface area (Å²) in [4.78, 5) is 14.8. The van der Waals surface area contributed by atoms with Crippen molar-refractivity contribution in [1.29, 1.82) is 0 Å². The molecule has 2 aromatic rings. The van der Waals surface area contributed by atoms with Crippen LogP contribution in [0.1, 0.15) is 10.4 Å². The second-order valence-electron chi connectivity index (χ2n) is 2.46. The lowest BCUT2D eigenvalue weighted by atomic mass is 10.3. The quantitative estimate of drug-likeness (QED) is 0.721. The lowest BCUT2D eigenvalue weighted by molar-refractivity contribution is 0.100. The Morgan fingerprint density at radius 3 is 3.00 bits per heavy atom. The highest BCUT2D eigenvalue weighted by Gasteiger charge is 2.09.